The Labute approximate surface area is 127 Å². The van der Waals surface area contributed by atoms with Crippen LogP contribution < -0.4 is 22.1 Å². The zero-order valence-electron chi connectivity index (χ0n) is 12.4. The first kappa shape index (κ1) is 19.8. The number of aliphatic hydroxyl groups excluding tert-OH is 1. The van der Waals surface area contributed by atoms with E-state index >= 15 is 0 Å². The number of hydrogen-bond acceptors (Lipinski definition) is 6. The quantitative estimate of drug-likeness (QED) is 0.262. The molecule has 126 valence electrons. The summed E-state index contributed by atoms with van der Waals surface area (Å²) in [6, 6.07) is -3.64. The highest BCUT2D eigenvalue weighted by Gasteiger charge is 2.29. The van der Waals surface area contributed by atoms with Crippen LogP contribution >= 0.6 is 0 Å². The number of aliphatic hydroxyl groups is 1. The summed E-state index contributed by atoms with van der Waals surface area (Å²) in [5, 5.41) is 22.6. The van der Waals surface area contributed by atoms with Gasteiger partial charge in [0.2, 0.25) is 17.7 Å². The van der Waals surface area contributed by atoms with Crippen LogP contribution in [0, 0.1) is 0 Å². The van der Waals surface area contributed by atoms with Crippen molar-refractivity contribution in [2.75, 3.05) is 0 Å². The molecular formula is C12H22N4O6. The Morgan fingerprint density at radius 1 is 1.09 bits per heavy atom. The number of carboxylic acid groups (broad SMARTS) is 1. The van der Waals surface area contributed by atoms with E-state index in [0.717, 1.165) is 0 Å². The number of carboxylic acids is 1. The molecular weight excluding hydrogens is 296 g/mol. The van der Waals surface area contributed by atoms with Crippen LogP contribution in [-0.4, -0.2) is 58.1 Å². The Balaban J connectivity index is 4.69. The minimum Gasteiger partial charge on any atom is -0.480 e. The molecule has 3 amide bonds. The van der Waals surface area contributed by atoms with Gasteiger partial charge in [0, 0.05) is 6.42 Å². The number of carbonyl (C=O) groups is 4. The maximum absolute atomic E-state index is 11.9. The average Bonchev–Trinajstić information content (AvgIpc) is 2.40. The van der Waals surface area contributed by atoms with Crippen molar-refractivity contribution in [3.05, 3.63) is 0 Å². The van der Waals surface area contributed by atoms with Crippen molar-refractivity contribution in [1.82, 2.24) is 10.6 Å². The SMILES string of the molecule is C[C@H](NC(=O)[C@@H](NC(=O)[C@@H](N)CCC(N)=O)[C@@H](C)O)C(=O)O. The number of nitrogens with one attached hydrogen (secondary N) is 2. The van der Waals surface area contributed by atoms with Gasteiger partial charge in [-0.25, -0.2) is 0 Å². The first-order valence-corrected chi connectivity index (χ1v) is 6.61. The molecule has 10 nitrogen and oxygen atoms in total. The van der Waals surface area contributed by atoms with Crippen molar-refractivity contribution in [2.45, 2.75) is 50.9 Å². The first-order valence-electron chi connectivity index (χ1n) is 6.61. The van der Waals surface area contributed by atoms with Gasteiger partial charge in [0.1, 0.15) is 12.1 Å². The number of hydrogen-bond donors (Lipinski definition) is 6. The molecule has 0 aliphatic carbocycles. The van der Waals surface area contributed by atoms with Gasteiger partial charge in [-0.1, -0.05) is 0 Å². The molecule has 4 atom stereocenters. The van der Waals surface area contributed by atoms with Gasteiger partial charge in [-0.3, -0.25) is 19.2 Å². The monoisotopic (exact) mass is 318 g/mol. The Kier molecular flexibility index (Phi) is 8.05. The van der Waals surface area contributed by atoms with Crippen molar-refractivity contribution < 1.29 is 29.4 Å². The molecule has 0 aromatic rings. The number of rotatable bonds is 9. The normalized spacial score (nSPS) is 16.0. The smallest absolute Gasteiger partial charge is 0.325 e. The lowest BCUT2D eigenvalue weighted by atomic mass is 10.1. The fourth-order valence-corrected chi connectivity index (χ4v) is 1.46. The summed E-state index contributed by atoms with van der Waals surface area (Å²) in [6.07, 6.45) is -1.38. The van der Waals surface area contributed by atoms with Gasteiger partial charge in [0.15, 0.2) is 0 Å². The molecule has 22 heavy (non-hydrogen) atoms. The Morgan fingerprint density at radius 2 is 1.64 bits per heavy atom. The maximum atomic E-state index is 11.9. The third-order valence-corrected chi connectivity index (χ3v) is 2.83. The topological polar surface area (TPSA) is 185 Å². The third kappa shape index (κ3) is 6.99. The molecule has 0 rings (SSSR count). The zero-order chi connectivity index (χ0) is 17.4. The fourth-order valence-electron chi connectivity index (χ4n) is 1.46. The van der Waals surface area contributed by atoms with Gasteiger partial charge in [-0.15, -0.1) is 0 Å². The molecule has 10 heteroatoms. The van der Waals surface area contributed by atoms with E-state index in [-0.39, 0.29) is 12.8 Å². The minimum absolute atomic E-state index is 0.0131. The van der Waals surface area contributed by atoms with E-state index in [0.29, 0.717) is 0 Å². The second-order valence-corrected chi connectivity index (χ2v) is 4.91. The molecule has 0 radical (unpaired) electrons. The second-order valence-electron chi connectivity index (χ2n) is 4.91. The zero-order valence-corrected chi connectivity index (χ0v) is 12.4. The van der Waals surface area contributed by atoms with Crippen LogP contribution in [0.4, 0.5) is 0 Å². The van der Waals surface area contributed by atoms with Crippen molar-refractivity contribution in [3.8, 4) is 0 Å². The molecule has 0 bridgehead atoms. The van der Waals surface area contributed by atoms with Crippen LogP contribution in [0.15, 0.2) is 0 Å². The van der Waals surface area contributed by atoms with Crippen molar-refractivity contribution in [3.63, 3.8) is 0 Å². The Hall–Kier alpha value is -2.20. The van der Waals surface area contributed by atoms with Crippen molar-refractivity contribution >= 4 is 23.7 Å². The van der Waals surface area contributed by atoms with E-state index < -0.39 is 47.9 Å². The van der Waals surface area contributed by atoms with E-state index in [1.807, 2.05) is 0 Å². The summed E-state index contributed by atoms with van der Waals surface area (Å²) in [5.74, 6) is -3.50. The second kappa shape index (κ2) is 8.95. The Morgan fingerprint density at radius 3 is 2.05 bits per heavy atom. The summed E-state index contributed by atoms with van der Waals surface area (Å²) in [4.78, 5) is 45.0. The van der Waals surface area contributed by atoms with Crippen LogP contribution in [0.3, 0.4) is 0 Å². The van der Waals surface area contributed by atoms with Crippen LogP contribution in [0.1, 0.15) is 26.7 Å². The number of carbonyl (C=O) groups excluding carboxylic acids is 3. The van der Waals surface area contributed by atoms with Gasteiger partial charge >= 0.3 is 5.97 Å². The number of amides is 3. The van der Waals surface area contributed by atoms with E-state index in [1.165, 1.54) is 13.8 Å². The van der Waals surface area contributed by atoms with Gasteiger partial charge < -0.3 is 32.3 Å². The fraction of sp³-hybridized carbons (Fsp3) is 0.667. The minimum atomic E-state index is -1.37. The third-order valence-electron chi connectivity index (χ3n) is 2.83. The van der Waals surface area contributed by atoms with E-state index in [4.69, 9.17) is 16.6 Å². The predicted octanol–water partition coefficient (Wildman–Crippen LogP) is -2.97. The van der Waals surface area contributed by atoms with Crippen LogP contribution in [-0.2, 0) is 19.2 Å². The van der Waals surface area contributed by atoms with E-state index in [1.54, 1.807) is 0 Å². The number of aliphatic carboxylic acids is 1. The molecule has 0 saturated heterocycles. The predicted molar refractivity (Wildman–Crippen MR) is 75.3 cm³/mol. The molecule has 0 saturated carbocycles. The summed E-state index contributed by atoms with van der Waals surface area (Å²) >= 11 is 0. The molecule has 0 heterocycles. The van der Waals surface area contributed by atoms with E-state index in [9.17, 15) is 24.3 Å². The summed E-state index contributed by atoms with van der Waals surface area (Å²) < 4.78 is 0. The molecule has 0 aliphatic heterocycles. The Bertz CT molecular complexity index is 439. The number of primary amides is 1. The van der Waals surface area contributed by atoms with Crippen molar-refractivity contribution in [2.24, 2.45) is 11.5 Å². The molecule has 8 N–H and O–H groups in total. The highest BCUT2D eigenvalue weighted by Crippen LogP contribution is 1.99. The first-order chi connectivity index (χ1) is 10.1. The van der Waals surface area contributed by atoms with Gasteiger partial charge in [0.05, 0.1) is 12.1 Å². The lowest BCUT2D eigenvalue weighted by Gasteiger charge is -2.23. The molecule has 0 aliphatic rings. The lowest BCUT2D eigenvalue weighted by molar-refractivity contribution is -0.142. The van der Waals surface area contributed by atoms with Gasteiger partial charge in [-0.05, 0) is 20.3 Å². The maximum Gasteiger partial charge on any atom is 0.325 e. The average molecular weight is 318 g/mol. The van der Waals surface area contributed by atoms with Crippen LogP contribution in [0.25, 0.3) is 0 Å². The summed E-state index contributed by atoms with van der Waals surface area (Å²) in [5.41, 5.74) is 10.5. The van der Waals surface area contributed by atoms with E-state index in [2.05, 4.69) is 10.6 Å². The van der Waals surface area contributed by atoms with Crippen LogP contribution in [0.5, 0.6) is 0 Å². The summed E-state index contributed by atoms with van der Waals surface area (Å²) in [6.45, 7) is 2.49. The van der Waals surface area contributed by atoms with Gasteiger partial charge in [-0.2, -0.15) is 0 Å². The largest absolute Gasteiger partial charge is 0.480 e. The summed E-state index contributed by atoms with van der Waals surface area (Å²) in [7, 11) is 0. The molecule has 0 unspecified atom stereocenters. The highest BCUT2D eigenvalue weighted by molar-refractivity contribution is 5.92. The molecule has 0 fully saturated rings. The molecule has 0 aromatic heterocycles. The van der Waals surface area contributed by atoms with Crippen LogP contribution in [0.2, 0.25) is 0 Å². The highest BCUT2D eigenvalue weighted by atomic mass is 16.4. The standard InChI is InChI=1S/C12H22N4O6/c1-5(12(21)22)15-11(20)9(6(2)17)16-10(19)7(13)3-4-8(14)18/h5-7,9,17H,3-4,13H2,1-2H3,(H2,14,18)(H,15,20)(H,16,19)(H,21,22)/t5-,6+,7-,9-/m0/s1. The lowest BCUT2D eigenvalue weighted by Crippen LogP contribution is -2.57. The molecule has 0 spiro atoms. The van der Waals surface area contributed by atoms with Gasteiger partial charge in [0.25, 0.3) is 0 Å². The van der Waals surface area contributed by atoms with Crippen molar-refractivity contribution in [1.29, 1.82) is 0 Å². The molecule has 0 aromatic carbocycles. The number of nitrogens with two attached hydrogens (primary N) is 2.